The van der Waals surface area contributed by atoms with Gasteiger partial charge < -0.3 is 19.9 Å². The normalized spacial score (nSPS) is 23.1. The van der Waals surface area contributed by atoms with Crippen LogP contribution in [0, 0.1) is 6.92 Å². The number of aromatic nitrogens is 2. The first-order chi connectivity index (χ1) is 13.7. The zero-order valence-corrected chi connectivity index (χ0v) is 17.0. The van der Waals surface area contributed by atoms with Crippen LogP contribution in [0.4, 0.5) is 0 Å². The van der Waals surface area contributed by atoms with Crippen molar-refractivity contribution in [2.24, 2.45) is 4.99 Å². The molecule has 0 radical (unpaired) electrons. The van der Waals surface area contributed by atoms with E-state index in [-0.39, 0.29) is 6.10 Å². The summed E-state index contributed by atoms with van der Waals surface area (Å²) < 4.78 is 8.31. The lowest BCUT2D eigenvalue weighted by molar-refractivity contribution is -0.0453. The minimum atomic E-state index is 0.243. The number of imidazole rings is 1. The van der Waals surface area contributed by atoms with Gasteiger partial charge in [-0.3, -0.25) is 9.89 Å². The van der Waals surface area contributed by atoms with Crippen LogP contribution in [0.25, 0.3) is 11.0 Å². The Morgan fingerprint density at radius 3 is 3.11 bits per heavy atom. The first-order valence-corrected chi connectivity index (χ1v) is 10.5. The second-order valence-electron chi connectivity index (χ2n) is 7.78. The van der Waals surface area contributed by atoms with E-state index in [1.807, 2.05) is 13.1 Å². The molecular weight excluding hydrogens is 352 g/mol. The lowest BCUT2D eigenvalue weighted by Gasteiger charge is -2.35. The van der Waals surface area contributed by atoms with Crippen LogP contribution < -0.4 is 10.6 Å². The molecule has 2 fully saturated rings. The number of nitrogens with zero attached hydrogens (tertiary/aromatic N) is 4. The molecule has 152 valence electrons. The molecule has 0 saturated carbocycles. The van der Waals surface area contributed by atoms with E-state index in [0.717, 1.165) is 56.5 Å². The summed E-state index contributed by atoms with van der Waals surface area (Å²) in [6.45, 7) is 7.80. The molecule has 7 heteroatoms. The van der Waals surface area contributed by atoms with Crippen molar-refractivity contribution in [3.05, 3.63) is 30.1 Å². The summed E-state index contributed by atoms with van der Waals surface area (Å²) >= 11 is 0. The molecule has 1 aromatic heterocycles. The maximum atomic E-state index is 6.02. The molecule has 7 nitrogen and oxygen atoms in total. The first-order valence-electron chi connectivity index (χ1n) is 10.5. The van der Waals surface area contributed by atoms with E-state index in [0.29, 0.717) is 6.04 Å². The maximum Gasteiger partial charge on any atom is 0.191 e. The van der Waals surface area contributed by atoms with Crippen molar-refractivity contribution < 1.29 is 4.74 Å². The molecule has 0 aliphatic carbocycles. The Kier molecular flexibility index (Phi) is 6.12. The third kappa shape index (κ3) is 4.31. The third-order valence-electron chi connectivity index (χ3n) is 5.88. The summed E-state index contributed by atoms with van der Waals surface area (Å²) in [7, 11) is 1.82. The number of ether oxygens (including phenoxy) is 1. The molecule has 0 amide bonds. The number of hydrogen-bond donors (Lipinski definition) is 2. The lowest BCUT2D eigenvalue weighted by atomic mass is 10.2. The predicted molar refractivity (Wildman–Crippen MR) is 113 cm³/mol. The highest BCUT2D eigenvalue weighted by Gasteiger charge is 2.32. The van der Waals surface area contributed by atoms with Crippen molar-refractivity contribution in [3.8, 4) is 0 Å². The predicted octanol–water partition coefficient (Wildman–Crippen LogP) is 1.76. The molecule has 2 aliphatic rings. The number of aryl methyl sites for hydroxylation is 2. The highest BCUT2D eigenvalue weighted by molar-refractivity contribution is 5.79. The average molecular weight is 385 g/mol. The Morgan fingerprint density at radius 2 is 2.21 bits per heavy atom. The highest BCUT2D eigenvalue weighted by atomic mass is 16.5. The van der Waals surface area contributed by atoms with Gasteiger partial charge in [0.2, 0.25) is 0 Å². The zero-order valence-electron chi connectivity index (χ0n) is 17.0. The molecule has 2 unspecified atom stereocenters. The van der Waals surface area contributed by atoms with Crippen LogP contribution in [0.5, 0.6) is 0 Å². The molecule has 0 bridgehead atoms. The van der Waals surface area contributed by atoms with Crippen LogP contribution in [-0.4, -0.2) is 72.4 Å². The van der Waals surface area contributed by atoms with Gasteiger partial charge >= 0.3 is 0 Å². The molecule has 3 heterocycles. The van der Waals surface area contributed by atoms with E-state index in [4.69, 9.17) is 4.74 Å². The summed E-state index contributed by atoms with van der Waals surface area (Å²) in [5.41, 5.74) is 2.27. The number of hydrogen-bond acceptors (Lipinski definition) is 4. The van der Waals surface area contributed by atoms with E-state index >= 15 is 0 Å². The molecule has 28 heavy (non-hydrogen) atoms. The molecule has 2 aliphatic heterocycles. The van der Waals surface area contributed by atoms with E-state index in [2.05, 4.69) is 55.2 Å². The summed E-state index contributed by atoms with van der Waals surface area (Å²) in [5.74, 6) is 1.91. The SMILES string of the molecule is CN=C(NCCCn1c(C)nc2ccccc21)NCC1CN2CCCC2CO1. The Morgan fingerprint density at radius 1 is 1.32 bits per heavy atom. The van der Waals surface area contributed by atoms with Crippen molar-refractivity contribution in [2.45, 2.75) is 44.9 Å². The van der Waals surface area contributed by atoms with Gasteiger partial charge in [0.25, 0.3) is 0 Å². The quantitative estimate of drug-likeness (QED) is 0.451. The van der Waals surface area contributed by atoms with E-state index < -0.39 is 0 Å². The van der Waals surface area contributed by atoms with Crippen LogP contribution >= 0.6 is 0 Å². The van der Waals surface area contributed by atoms with Crippen molar-refractivity contribution in [2.75, 3.05) is 39.8 Å². The molecule has 0 spiro atoms. The smallest absolute Gasteiger partial charge is 0.191 e. The van der Waals surface area contributed by atoms with Crippen molar-refractivity contribution in [3.63, 3.8) is 0 Å². The summed E-state index contributed by atoms with van der Waals surface area (Å²) in [6.07, 6.45) is 3.85. The summed E-state index contributed by atoms with van der Waals surface area (Å²) in [5, 5.41) is 6.84. The number of fused-ring (bicyclic) bond motifs is 2. The fourth-order valence-electron chi connectivity index (χ4n) is 4.36. The Bertz CT molecular complexity index is 816. The fraction of sp³-hybridized carbons (Fsp3) is 0.619. The number of para-hydroxylation sites is 2. The maximum absolute atomic E-state index is 6.02. The minimum absolute atomic E-state index is 0.243. The van der Waals surface area contributed by atoms with Gasteiger partial charge in [-0.05, 0) is 44.9 Å². The standard InChI is InChI=1S/C21H32N6O/c1-16-25-19-8-3-4-9-20(19)27(16)12-6-10-23-21(22-2)24-13-18-14-26-11-5-7-17(26)15-28-18/h3-4,8-9,17-18H,5-7,10-15H2,1-2H3,(H2,22,23,24). The van der Waals surface area contributed by atoms with Gasteiger partial charge in [0.15, 0.2) is 5.96 Å². The molecule has 1 aromatic carbocycles. The number of morpholine rings is 1. The van der Waals surface area contributed by atoms with E-state index in [9.17, 15) is 0 Å². The molecule has 2 aromatic rings. The molecule has 2 saturated heterocycles. The van der Waals surface area contributed by atoms with Crippen LogP contribution in [-0.2, 0) is 11.3 Å². The summed E-state index contributed by atoms with van der Waals surface area (Å²) in [4.78, 5) is 11.6. The van der Waals surface area contributed by atoms with Gasteiger partial charge in [-0.15, -0.1) is 0 Å². The largest absolute Gasteiger partial charge is 0.373 e. The minimum Gasteiger partial charge on any atom is -0.373 e. The first kappa shape index (κ1) is 19.2. The third-order valence-corrected chi connectivity index (χ3v) is 5.88. The molecular formula is C21H32N6O. The van der Waals surface area contributed by atoms with Gasteiger partial charge in [-0.1, -0.05) is 12.1 Å². The van der Waals surface area contributed by atoms with Crippen molar-refractivity contribution in [1.29, 1.82) is 0 Å². The molecule has 4 rings (SSSR count). The second-order valence-corrected chi connectivity index (χ2v) is 7.78. The number of guanidine groups is 1. The molecule has 2 N–H and O–H groups in total. The van der Waals surface area contributed by atoms with Crippen LogP contribution in [0.15, 0.2) is 29.3 Å². The Balaban J connectivity index is 1.20. The number of aliphatic imine (C=N–C) groups is 1. The summed E-state index contributed by atoms with van der Waals surface area (Å²) in [6, 6.07) is 8.97. The van der Waals surface area contributed by atoms with E-state index in [1.54, 1.807) is 0 Å². The number of nitrogens with one attached hydrogen (secondary N) is 2. The topological polar surface area (TPSA) is 66.7 Å². The van der Waals surface area contributed by atoms with Gasteiger partial charge in [0, 0.05) is 39.3 Å². The Hall–Kier alpha value is -2.12. The fourth-order valence-corrected chi connectivity index (χ4v) is 4.36. The van der Waals surface area contributed by atoms with Crippen LogP contribution in [0.2, 0.25) is 0 Å². The number of benzene rings is 1. The highest BCUT2D eigenvalue weighted by Crippen LogP contribution is 2.22. The average Bonchev–Trinajstić information content (AvgIpc) is 3.30. The zero-order chi connectivity index (χ0) is 19.3. The lowest BCUT2D eigenvalue weighted by Crippen LogP contribution is -2.51. The van der Waals surface area contributed by atoms with Crippen molar-refractivity contribution in [1.82, 2.24) is 25.1 Å². The van der Waals surface area contributed by atoms with Gasteiger partial charge in [-0.25, -0.2) is 4.98 Å². The molecule has 2 atom stereocenters. The Labute approximate surface area is 167 Å². The van der Waals surface area contributed by atoms with Gasteiger partial charge in [0.05, 0.1) is 23.7 Å². The number of rotatable bonds is 6. The second kappa shape index (κ2) is 8.92. The van der Waals surface area contributed by atoms with Gasteiger partial charge in [0.1, 0.15) is 5.82 Å². The van der Waals surface area contributed by atoms with E-state index in [1.165, 1.54) is 24.9 Å². The van der Waals surface area contributed by atoms with Crippen molar-refractivity contribution >= 4 is 17.0 Å². The van der Waals surface area contributed by atoms with Crippen LogP contribution in [0.1, 0.15) is 25.1 Å². The van der Waals surface area contributed by atoms with Crippen LogP contribution in [0.3, 0.4) is 0 Å². The van der Waals surface area contributed by atoms with Gasteiger partial charge in [-0.2, -0.15) is 0 Å². The monoisotopic (exact) mass is 384 g/mol.